The highest BCUT2D eigenvalue weighted by molar-refractivity contribution is 5.93. The van der Waals surface area contributed by atoms with Crippen molar-refractivity contribution in [2.24, 2.45) is 5.92 Å². The molecule has 0 bridgehead atoms. The molecule has 8 heteroatoms. The fraction of sp³-hybridized carbons (Fsp3) is 0.476. The van der Waals surface area contributed by atoms with Crippen LogP contribution in [0.25, 0.3) is 0 Å². The zero-order chi connectivity index (χ0) is 19.8. The first-order valence-electron chi connectivity index (χ1n) is 10.2. The van der Waals surface area contributed by atoms with Gasteiger partial charge in [-0.2, -0.15) is 5.10 Å². The van der Waals surface area contributed by atoms with Crippen molar-refractivity contribution in [1.29, 1.82) is 0 Å². The maximum atomic E-state index is 12.9. The second kappa shape index (κ2) is 7.42. The van der Waals surface area contributed by atoms with Crippen LogP contribution < -0.4 is 14.8 Å². The summed E-state index contributed by atoms with van der Waals surface area (Å²) in [5, 5.41) is 7.40. The third-order valence-electron chi connectivity index (χ3n) is 5.78. The molecule has 1 aliphatic carbocycles. The van der Waals surface area contributed by atoms with Gasteiger partial charge in [-0.3, -0.25) is 9.59 Å². The quantitative estimate of drug-likeness (QED) is 0.857. The number of likely N-dealkylation sites (tertiary alicyclic amines) is 1. The number of carbonyl (C=O) groups is 2. The summed E-state index contributed by atoms with van der Waals surface area (Å²) in [7, 11) is 0. The molecule has 0 radical (unpaired) electrons. The lowest BCUT2D eigenvalue weighted by Gasteiger charge is -2.35. The number of hydrogen-bond donors (Lipinski definition) is 1. The molecule has 1 unspecified atom stereocenters. The van der Waals surface area contributed by atoms with Crippen molar-refractivity contribution in [3.05, 3.63) is 36.5 Å². The van der Waals surface area contributed by atoms with Gasteiger partial charge in [-0.25, -0.2) is 4.68 Å². The second-order valence-electron chi connectivity index (χ2n) is 7.85. The van der Waals surface area contributed by atoms with Gasteiger partial charge >= 0.3 is 0 Å². The first kappa shape index (κ1) is 18.0. The summed E-state index contributed by atoms with van der Waals surface area (Å²) >= 11 is 0. The maximum absolute atomic E-state index is 12.9. The number of anilines is 1. The molecule has 152 valence electrons. The minimum Gasteiger partial charge on any atom is -0.485 e. The zero-order valence-electron chi connectivity index (χ0n) is 16.1. The van der Waals surface area contributed by atoms with E-state index in [-0.39, 0.29) is 30.4 Å². The molecule has 0 spiro atoms. The number of amides is 2. The highest BCUT2D eigenvalue weighted by Crippen LogP contribution is 2.33. The fourth-order valence-corrected chi connectivity index (χ4v) is 3.95. The second-order valence-corrected chi connectivity index (χ2v) is 7.85. The van der Waals surface area contributed by atoms with E-state index in [0.29, 0.717) is 24.6 Å². The lowest BCUT2D eigenvalue weighted by Crippen LogP contribution is -2.49. The molecule has 29 heavy (non-hydrogen) atoms. The molecule has 2 amide bonds. The Morgan fingerprint density at radius 1 is 1.03 bits per heavy atom. The van der Waals surface area contributed by atoms with Crippen molar-refractivity contribution in [3.63, 3.8) is 0 Å². The van der Waals surface area contributed by atoms with Crippen LogP contribution in [0.15, 0.2) is 36.5 Å². The molecule has 3 heterocycles. The number of nitrogens with zero attached hydrogens (tertiary/aromatic N) is 3. The molecule has 8 nitrogen and oxygen atoms in total. The van der Waals surface area contributed by atoms with Crippen molar-refractivity contribution < 1.29 is 19.1 Å². The van der Waals surface area contributed by atoms with E-state index in [9.17, 15) is 9.59 Å². The van der Waals surface area contributed by atoms with Crippen molar-refractivity contribution in [2.75, 3.05) is 25.0 Å². The third kappa shape index (κ3) is 3.66. The molecule has 1 saturated carbocycles. The van der Waals surface area contributed by atoms with Gasteiger partial charge in [-0.15, -0.1) is 0 Å². The molecule has 1 saturated heterocycles. The maximum Gasteiger partial charge on any atom is 0.267 e. The highest BCUT2D eigenvalue weighted by Gasteiger charge is 2.34. The first-order valence-corrected chi connectivity index (χ1v) is 10.2. The number of nitrogens with one attached hydrogen (secondary N) is 1. The summed E-state index contributed by atoms with van der Waals surface area (Å²) in [4.78, 5) is 26.8. The van der Waals surface area contributed by atoms with Crippen molar-refractivity contribution in [2.45, 2.75) is 37.8 Å². The molecular weight excluding hydrogens is 372 g/mol. The Morgan fingerprint density at radius 3 is 2.55 bits per heavy atom. The van der Waals surface area contributed by atoms with Crippen molar-refractivity contribution in [1.82, 2.24) is 14.7 Å². The molecule has 2 fully saturated rings. The number of rotatable bonds is 4. The van der Waals surface area contributed by atoms with E-state index in [0.717, 1.165) is 31.5 Å². The lowest BCUT2D eigenvalue weighted by molar-refractivity contribution is -0.142. The van der Waals surface area contributed by atoms with Crippen LogP contribution in [0.1, 0.15) is 31.7 Å². The van der Waals surface area contributed by atoms with Crippen LogP contribution in [0.4, 0.5) is 5.82 Å². The number of ether oxygens (including phenoxy) is 2. The highest BCUT2D eigenvalue weighted by atomic mass is 16.6. The van der Waals surface area contributed by atoms with Crippen LogP contribution in [-0.4, -0.2) is 52.3 Å². The predicted molar refractivity (Wildman–Crippen MR) is 105 cm³/mol. The molecule has 1 aromatic carbocycles. The van der Waals surface area contributed by atoms with Gasteiger partial charge in [0.15, 0.2) is 11.5 Å². The lowest BCUT2D eigenvalue weighted by atomic mass is 10.0. The fourth-order valence-electron chi connectivity index (χ4n) is 3.95. The van der Waals surface area contributed by atoms with Crippen LogP contribution >= 0.6 is 0 Å². The SMILES string of the molecule is O=C(Nc1ccnn1C1CCN(C(=O)C2COc3ccccc3O2)CC1)C1CC1. The zero-order valence-corrected chi connectivity index (χ0v) is 16.1. The van der Waals surface area contributed by atoms with Gasteiger partial charge in [0.2, 0.25) is 12.0 Å². The first-order chi connectivity index (χ1) is 14.2. The van der Waals surface area contributed by atoms with E-state index in [1.54, 1.807) is 6.20 Å². The van der Waals surface area contributed by atoms with E-state index in [2.05, 4.69) is 10.4 Å². The van der Waals surface area contributed by atoms with Gasteiger partial charge in [-0.05, 0) is 37.8 Å². The van der Waals surface area contributed by atoms with E-state index >= 15 is 0 Å². The minimum absolute atomic E-state index is 0.0410. The molecule has 2 aliphatic heterocycles. The van der Waals surface area contributed by atoms with Gasteiger partial charge in [0.25, 0.3) is 5.91 Å². The number of piperidine rings is 1. The van der Waals surface area contributed by atoms with E-state index in [1.807, 2.05) is 39.9 Å². The summed E-state index contributed by atoms with van der Waals surface area (Å²) < 4.78 is 13.4. The van der Waals surface area contributed by atoms with Crippen LogP contribution in [0.2, 0.25) is 0 Å². The Kier molecular flexibility index (Phi) is 4.61. The summed E-state index contributed by atoms with van der Waals surface area (Å²) in [6, 6.07) is 9.40. The number of fused-ring (bicyclic) bond motifs is 1. The number of hydrogen-bond acceptors (Lipinski definition) is 5. The van der Waals surface area contributed by atoms with Crippen LogP contribution in [0, 0.1) is 5.92 Å². The van der Waals surface area contributed by atoms with Gasteiger partial charge < -0.3 is 19.7 Å². The standard InChI is InChI=1S/C21H24N4O4/c26-20(14-5-6-14)23-19-7-10-22-25(19)15-8-11-24(12-9-15)21(27)18-13-28-16-3-1-2-4-17(16)29-18/h1-4,7,10,14-15,18H,5-6,8-9,11-13H2,(H,23,26). The largest absolute Gasteiger partial charge is 0.485 e. The van der Waals surface area contributed by atoms with Crippen LogP contribution in [0.5, 0.6) is 11.5 Å². The van der Waals surface area contributed by atoms with Crippen molar-refractivity contribution in [3.8, 4) is 11.5 Å². The predicted octanol–water partition coefficient (Wildman–Crippen LogP) is 2.24. The van der Waals surface area contributed by atoms with E-state index in [1.165, 1.54) is 0 Å². The Hall–Kier alpha value is -3.03. The van der Waals surface area contributed by atoms with Gasteiger partial charge in [0.05, 0.1) is 12.2 Å². The smallest absolute Gasteiger partial charge is 0.267 e. The summed E-state index contributed by atoms with van der Waals surface area (Å²) in [5.74, 6) is 2.22. The Morgan fingerprint density at radius 2 is 1.79 bits per heavy atom. The third-order valence-corrected chi connectivity index (χ3v) is 5.78. The molecule has 5 rings (SSSR count). The van der Waals surface area contributed by atoms with Gasteiger partial charge in [0, 0.05) is 25.1 Å². The van der Waals surface area contributed by atoms with Gasteiger partial charge in [0.1, 0.15) is 12.4 Å². The Balaban J connectivity index is 1.19. The monoisotopic (exact) mass is 396 g/mol. The number of para-hydroxylation sites is 2. The molecular formula is C21H24N4O4. The summed E-state index contributed by atoms with van der Waals surface area (Å²) in [6.45, 7) is 1.48. The van der Waals surface area contributed by atoms with E-state index < -0.39 is 6.10 Å². The normalized spacial score (nSPS) is 21.7. The Bertz CT molecular complexity index is 915. The van der Waals surface area contributed by atoms with Crippen molar-refractivity contribution >= 4 is 17.6 Å². The summed E-state index contributed by atoms with van der Waals surface area (Å²) in [6.07, 6.45) is 4.60. The number of aromatic nitrogens is 2. The molecule has 2 aromatic rings. The molecule has 1 N–H and O–H groups in total. The minimum atomic E-state index is -0.612. The number of benzene rings is 1. The number of carbonyl (C=O) groups excluding carboxylic acids is 2. The van der Waals surface area contributed by atoms with Crippen LogP contribution in [0.3, 0.4) is 0 Å². The molecule has 1 atom stereocenters. The average Bonchev–Trinajstić information content (AvgIpc) is 3.53. The Labute approximate surface area is 168 Å². The van der Waals surface area contributed by atoms with Gasteiger partial charge in [-0.1, -0.05) is 12.1 Å². The topological polar surface area (TPSA) is 85.7 Å². The van der Waals surface area contributed by atoms with E-state index in [4.69, 9.17) is 9.47 Å². The molecule has 1 aromatic heterocycles. The van der Waals surface area contributed by atoms with Crippen LogP contribution in [-0.2, 0) is 9.59 Å². The summed E-state index contributed by atoms with van der Waals surface area (Å²) in [5.41, 5.74) is 0. The molecule has 3 aliphatic rings. The average molecular weight is 396 g/mol.